The van der Waals surface area contributed by atoms with Crippen molar-refractivity contribution in [1.82, 2.24) is 4.98 Å². The van der Waals surface area contributed by atoms with Crippen LogP contribution in [-0.2, 0) is 9.59 Å². The largest absolute Gasteiger partial charge is 0.508 e. The number of hydrogen-bond acceptors (Lipinski definition) is 7. The predicted octanol–water partition coefficient (Wildman–Crippen LogP) is 4.95. The number of nitrogens with zero attached hydrogens (tertiary/aromatic N) is 2. The molecule has 170 valence electrons. The van der Waals surface area contributed by atoms with Crippen LogP contribution in [0.3, 0.4) is 0 Å². The number of aliphatic hydroxyl groups excluding tert-OH is 1. The third kappa shape index (κ3) is 3.58. The van der Waals surface area contributed by atoms with Crippen LogP contribution in [0.5, 0.6) is 11.5 Å². The van der Waals surface area contributed by atoms with E-state index in [0.29, 0.717) is 27.5 Å². The summed E-state index contributed by atoms with van der Waals surface area (Å²) in [6.07, 6.45) is 0. The molecule has 0 radical (unpaired) electrons. The van der Waals surface area contributed by atoms with E-state index in [-0.39, 0.29) is 17.1 Å². The van der Waals surface area contributed by atoms with Gasteiger partial charge in [0.2, 0.25) is 0 Å². The molecular formula is C26H20N2O5S. The lowest BCUT2D eigenvalue weighted by Crippen LogP contribution is -2.29. The number of aliphatic hydroxyl groups is 1. The molecule has 1 fully saturated rings. The fraction of sp³-hybridized carbons (Fsp3) is 0.115. The van der Waals surface area contributed by atoms with Crippen LogP contribution in [0.4, 0.5) is 5.13 Å². The number of aryl methyl sites for hydroxylation is 1. The van der Waals surface area contributed by atoms with E-state index >= 15 is 0 Å². The summed E-state index contributed by atoms with van der Waals surface area (Å²) in [6, 6.07) is 17.7. The van der Waals surface area contributed by atoms with Gasteiger partial charge in [-0.1, -0.05) is 41.7 Å². The van der Waals surface area contributed by atoms with E-state index in [1.54, 1.807) is 36.4 Å². The molecule has 7 nitrogen and oxygen atoms in total. The van der Waals surface area contributed by atoms with Gasteiger partial charge in [-0.2, -0.15) is 0 Å². The van der Waals surface area contributed by atoms with E-state index in [9.17, 15) is 19.8 Å². The topological polar surface area (TPSA) is 100.0 Å². The van der Waals surface area contributed by atoms with Crippen LogP contribution in [0.2, 0.25) is 0 Å². The van der Waals surface area contributed by atoms with Crippen molar-refractivity contribution >= 4 is 44.1 Å². The number of amides is 1. The number of carbonyl (C=O) groups is 2. The average Bonchev–Trinajstić information content (AvgIpc) is 3.37. The maximum absolute atomic E-state index is 13.3. The lowest BCUT2D eigenvalue weighted by molar-refractivity contribution is -0.132. The first-order valence-corrected chi connectivity index (χ1v) is 11.3. The van der Waals surface area contributed by atoms with Gasteiger partial charge in [-0.3, -0.25) is 14.5 Å². The molecule has 1 saturated heterocycles. The molecule has 0 aliphatic carbocycles. The van der Waals surface area contributed by atoms with Crippen molar-refractivity contribution in [2.45, 2.75) is 13.0 Å². The molecule has 2 heterocycles. The fourth-order valence-electron chi connectivity index (χ4n) is 4.05. The highest BCUT2D eigenvalue weighted by Gasteiger charge is 2.48. The Balaban J connectivity index is 1.73. The van der Waals surface area contributed by atoms with Gasteiger partial charge in [0.15, 0.2) is 5.13 Å². The van der Waals surface area contributed by atoms with Gasteiger partial charge in [0.25, 0.3) is 5.78 Å². The normalized spacial score (nSPS) is 17.5. The Morgan fingerprint density at radius 1 is 1.06 bits per heavy atom. The summed E-state index contributed by atoms with van der Waals surface area (Å²) < 4.78 is 6.13. The highest BCUT2D eigenvalue weighted by molar-refractivity contribution is 7.22. The summed E-state index contributed by atoms with van der Waals surface area (Å²) in [5.41, 5.74) is 2.61. The molecule has 1 aromatic heterocycles. The van der Waals surface area contributed by atoms with E-state index < -0.39 is 17.7 Å². The van der Waals surface area contributed by atoms with Crippen molar-refractivity contribution < 1.29 is 24.5 Å². The molecule has 0 bridgehead atoms. The van der Waals surface area contributed by atoms with Gasteiger partial charge in [-0.05, 0) is 54.4 Å². The zero-order valence-electron chi connectivity index (χ0n) is 18.4. The Bertz CT molecular complexity index is 1470. The molecule has 1 aliphatic heterocycles. The average molecular weight is 473 g/mol. The van der Waals surface area contributed by atoms with Gasteiger partial charge in [-0.15, -0.1) is 0 Å². The number of phenols is 1. The summed E-state index contributed by atoms with van der Waals surface area (Å²) in [5.74, 6) is -1.35. The van der Waals surface area contributed by atoms with E-state index in [2.05, 4.69) is 4.98 Å². The molecule has 1 amide bonds. The lowest BCUT2D eigenvalue weighted by atomic mass is 9.95. The maximum atomic E-state index is 13.3. The molecule has 1 aliphatic rings. The Morgan fingerprint density at radius 3 is 2.56 bits per heavy atom. The van der Waals surface area contributed by atoms with E-state index in [1.807, 2.05) is 25.1 Å². The Kier molecular flexibility index (Phi) is 5.30. The molecule has 5 rings (SSSR count). The monoisotopic (exact) mass is 472 g/mol. The zero-order chi connectivity index (χ0) is 24.0. The Morgan fingerprint density at radius 2 is 1.82 bits per heavy atom. The fourth-order valence-corrected chi connectivity index (χ4v) is 5.14. The molecule has 0 saturated carbocycles. The minimum atomic E-state index is -0.923. The molecule has 34 heavy (non-hydrogen) atoms. The third-order valence-corrected chi connectivity index (χ3v) is 6.75. The van der Waals surface area contributed by atoms with Crippen LogP contribution in [-0.4, -0.2) is 34.0 Å². The van der Waals surface area contributed by atoms with Crippen LogP contribution in [0.1, 0.15) is 22.7 Å². The number of rotatable bonds is 4. The van der Waals surface area contributed by atoms with Crippen LogP contribution >= 0.6 is 11.3 Å². The highest BCUT2D eigenvalue weighted by atomic mass is 32.1. The van der Waals surface area contributed by atoms with Gasteiger partial charge in [0.1, 0.15) is 17.3 Å². The quantitative estimate of drug-likeness (QED) is 0.248. The summed E-state index contributed by atoms with van der Waals surface area (Å²) in [7, 11) is 1.50. The van der Waals surface area contributed by atoms with Gasteiger partial charge < -0.3 is 14.9 Å². The molecule has 0 unspecified atom stereocenters. The highest BCUT2D eigenvalue weighted by Crippen LogP contribution is 2.44. The van der Waals surface area contributed by atoms with Crippen LogP contribution in [0, 0.1) is 6.92 Å². The number of methoxy groups -OCH3 is 1. The van der Waals surface area contributed by atoms with Crippen molar-refractivity contribution in [3.63, 3.8) is 0 Å². The first-order chi connectivity index (χ1) is 16.4. The number of thiazole rings is 1. The first kappa shape index (κ1) is 21.7. The van der Waals surface area contributed by atoms with Crippen molar-refractivity contribution in [2.24, 2.45) is 0 Å². The minimum Gasteiger partial charge on any atom is -0.508 e. The molecule has 8 heteroatoms. The summed E-state index contributed by atoms with van der Waals surface area (Å²) in [5, 5.41) is 21.4. The van der Waals surface area contributed by atoms with Crippen molar-refractivity contribution in [3.05, 3.63) is 89.0 Å². The number of anilines is 1. The van der Waals surface area contributed by atoms with E-state index in [1.165, 1.54) is 35.5 Å². The number of fused-ring (bicyclic) bond motifs is 1. The molecule has 0 spiro atoms. The second-order valence-corrected chi connectivity index (χ2v) is 8.97. The molecule has 4 aromatic rings. The number of Topliss-reactive ketones (excluding diaryl/α,β-unsaturated/α-hetero) is 1. The number of benzene rings is 3. The summed E-state index contributed by atoms with van der Waals surface area (Å²) >= 11 is 1.30. The summed E-state index contributed by atoms with van der Waals surface area (Å²) in [6.45, 7) is 1.97. The number of aromatic nitrogens is 1. The molecule has 3 aromatic carbocycles. The minimum absolute atomic E-state index is 0.0453. The third-order valence-electron chi connectivity index (χ3n) is 5.74. The zero-order valence-corrected chi connectivity index (χ0v) is 19.2. The van der Waals surface area contributed by atoms with Gasteiger partial charge in [-0.25, -0.2) is 4.98 Å². The van der Waals surface area contributed by atoms with E-state index in [0.717, 1.165) is 10.3 Å². The molecule has 1 atom stereocenters. The Hall–Kier alpha value is -4.17. The first-order valence-electron chi connectivity index (χ1n) is 10.5. The van der Waals surface area contributed by atoms with Crippen LogP contribution < -0.4 is 9.64 Å². The van der Waals surface area contributed by atoms with Crippen molar-refractivity contribution in [1.29, 1.82) is 0 Å². The number of carbonyl (C=O) groups excluding carboxylic acids is 2. The number of ether oxygens (including phenoxy) is 1. The van der Waals surface area contributed by atoms with Gasteiger partial charge in [0, 0.05) is 5.56 Å². The smallest absolute Gasteiger partial charge is 0.301 e. The standard InChI is InChI=1S/C26H20N2O5S/c1-14-6-11-19-20(12-14)34-26(27-19)28-22(15-7-9-17(29)10-8-15)21(24(31)25(28)32)23(30)16-4-3-5-18(13-16)33-2/h3-13,22,29-30H,1-2H3/b23-21+/t22-/m0/s1. The number of hydrogen-bond donors (Lipinski definition) is 2. The lowest BCUT2D eigenvalue weighted by Gasteiger charge is -2.23. The Labute approximate surface area is 199 Å². The summed E-state index contributed by atoms with van der Waals surface area (Å²) in [4.78, 5) is 32.5. The van der Waals surface area contributed by atoms with Gasteiger partial charge in [0.05, 0.1) is 28.9 Å². The van der Waals surface area contributed by atoms with Crippen molar-refractivity contribution in [2.75, 3.05) is 12.0 Å². The van der Waals surface area contributed by atoms with Gasteiger partial charge >= 0.3 is 5.91 Å². The number of aromatic hydroxyl groups is 1. The second-order valence-electron chi connectivity index (χ2n) is 7.96. The van der Waals surface area contributed by atoms with Crippen LogP contribution in [0.15, 0.2) is 72.3 Å². The van der Waals surface area contributed by atoms with Crippen LogP contribution in [0.25, 0.3) is 16.0 Å². The van der Waals surface area contributed by atoms with Crippen molar-refractivity contribution in [3.8, 4) is 11.5 Å². The van der Waals surface area contributed by atoms with E-state index in [4.69, 9.17) is 4.74 Å². The SMILES string of the molecule is COc1cccc(/C(O)=C2\C(=O)C(=O)N(c3nc4ccc(C)cc4s3)[C@H]2c2ccc(O)cc2)c1. The number of phenolic OH excluding ortho intramolecular Hbond substituents is 1. The second kappa shape index (κ2) is 8.31. The maximum Gasteiger partial charge on any atom is 0.301 e. The number of ketones is 1. The molecular weight excluding hydrogens is 452 g/mol. The predicted molar refractivity (Wildman–Crippen MR) is 130 cm³/mol. The molecule has 2 N–H and O–H groups in total.